The van der Waals surface area contributed by atoms with E-state index >= 15 is 0 Å². The van der Waals surface area contributed by atoms with Gasteiger partial charge in [-0.05, 0) is 31.2 Å². The van der Waals surface area contributed by atoms with E-state index in [-0.39, 0.29) is 41.7 Å². The molecule has 1 aromatic rings. The number of guanidine groups is 1. The van der Waals surface area contributed by atoms with Gasteiger partial charge in [-0.25, -0.2) is 8.42 Å². The third kappa shape index (κ3) is 5.03. The molecule has 1 saturated carbocycles. The van der Waals surface area contributed by atoms with Crippen molar-refractivity contribution in [2.75, 3.05) is 24.7 Å². The normalized spacial score (nSPS) is 27.0. The fraction of sp³-hybridized carbons (Fsp3) is 0.611. The second-order valence-electron chi connectivity index (χ2n) is 7.25. The molecule has 6 nitrogen and oxygen atoms in total. The van der Waals surface area contributed by atoms with Gasteiger partial charge in [0.05, 0.1) is 24.2 Å². The van der Waals surface area contributed by atoms with E-state index in [9.17, 15) is 8.42 Å². The molecule has 2 atom stereocenters. The highest BCUT2D eigenvalue weighted by molar-refractivity contribution is 14.0. The van der Waals surface area contributed by atoms with Crippen LogP contribution < -0.4 is 15.4 Å². The van der Waals surface area contributed by atoms with E-state index in [4.69, 9.17) is 9.73 Å². The van der Waals surface area contributed by atoms with Gasteiger partial charge in [-0.3, -0.25) is 4.99 Å². The van der Waals surface area contributed by atoms with E-state index in [2.05, 4.69) is 16.7 Å². The summed E-state index contributed by atoms with van der Waals surface area (Å²) in [6.07, 6.45) is 3.95. The number of para-hydroxylation sites is 1. The predicted octanol–water partition coefficient (Wildman–Crippen LogP) is 2.26. The molecule has 0 amide bonds. The molecule has 2 fully saturated rings. The molecule has 2 unspecified atom stereocenters. The minimum absolute atomic E-state index is 0. The van der Waals surface area contributed by atoms with Gasteiger partial charge in [0.25, 0.3) is 0 Å². The largest absolute Gasteiger partial charge is 0.493 e. The second-order valence-corrected chi connectivity index (χ2v) is 9.48. The number of halogens is 1. The van der Waals surface area contributed by atoms with E-state index in [0.29, 0.717) is 24.9 Å². The van der Waals surface area contributed by atoms with E-state index in [1.807, 2.05) is 18.2 Å². The SMILES string of the molecule is I.O=S1(=O)CCC(CN=C(NC2CC2)NC2CCOc3ccccc32)C1. The first-order valence-corrected chi connectivity index (χ1v) is 10.9. The average molecular weight is 491 g/mol. The molecule has 2 heterocycles. The van der Waals surface area contributed by atoms with E-state index < -0.39 is 9.84 Å². The summed E-state index contributed by atoms with van der Waals surface area (Å²) in [5.41, 5.74) is 1.16. The quantitative estimate of drug-likeness (QED) is 0.384. The van der Waals surface area contributed by atoms with Crippen molar-refractivity contribution in [1.82, 2.24) is 10.6 Å². The highest BCUT2D eigenvalue weighted by Gasteiger charge is 2.29. The number of nitrogens with one attached hydrogen (secondary N) is 2. The summed E-state index contributed by atoms with van der Waals surface area (Å²) in [6, 6.07) is 8.76. The molecule has 1 saturated heterocycles. The molecule has 1 aliphatic carbocycles. The highest BCUT2D eigenvalue weighted by Crippen LogP contribution is 2.31. The van der Waals surface area contributed by atoms with Crippen LogP contribution in [-0.4, -0.2) is 45.1 Å². The third-order valence-electron chi connectivity index (χ3n) is 5.02. The number of nitrogens with zero attached hydrogens (tertiary/aromatic N) is 1. The topological polar surface area (TPSA) is 79.8 Å². The molecule has 0 spiro atoms. The lowest BCUT2D eigenvalue weighted by atomic mass is 10.0. The van der Waals surface area contributed by atoms with Crippen LogP contribution in [0.15, 0.2) is 29.3 Å². The Labute approximate surface area is 172 Å². The maximum Gasteiger partial charge on any atom is 0.191 e. The highest BCUT2D eigenvalue weighted by atomic mass is 127. The molecule has 144 valence electrons. The molecule has 8 heteroatoms. The molecule has 3 aliphatic rings. The smallest absolute Gasteiger partial charge is 0.191 e. The number of aliphatic imine (C=N–C) groups is 1. The minimum Gasteiger partial charge on any atom is -0.493 e. The lowest BCUT2D eigenvalue weighted by Gasteiger charge is -2.28. The van der Waals surface area contributed by atoms with Gasteiger partial charge in [0.1, 0.15) is 5.75 Å². The van der Waals surface area contributed by atoms with Gasteiger partial charge in [-0.1, -0.05) is 18.2 Å². The Hall–Kier alpha value is -1.03. The Morgan fingerprint density at radius 2 is 1.96 bits per heavy atom. The number of sulfone groups is 1. The molecule has 4 rings (SSSR count). The standard InChI is InChI=1S/C18H25N3O3S.HI/c22-25(23)10-8-13(12-25)11-19-18(20-14-5-6-14)21-16-7-9-24-17-4-2-1-3-15(16)17;/h1-4,13-14,16H,5-12H2,(H2,19,20,21);1H. The van der Waals surface area contributed by atoms with Crippen molar-refractivity contribution in [3.8, 4) is 5.75 Å². The Bertz CT molecular complexity index is 765. The van der Waals surface area contributed by atoms with Crippen molar-refractivity contribution in [2.24, 2.45) is 10.9 Å². The summed E-state index contributed by atoms with van der Waals surface area (Å²) < 4.78 is 29.0. The Morgan fingerprint density at radius 3 is 2.69 bits per heavy atom. The van der Waals surface area contributed by atoms with Gasteiger partial charge < -0.3 is 15.4 Å². The van der Waals surface area contributed by atoms with E-state index in [0.717, 1.165) is 30.1 Å². The van der Waals surface area contributed by atoms with E-state index in [1.165, 1.54) is 12.8 Å². The summed E-state index contributed by atoms with van der Waals surface area (Å²) in [6.45, 7) is 1.25. The number of hydrogen-bond acceptors (Lipinski definition) is 4. The minimum atomic E-state index is -2.85. The lowest BCUT2D eigenvalue weighted by molar-refractivity contribution is 0.261. The zero-order chi connectivity index (χ0) is 17.3. The van der Waals surface area contributed by atoms with Crippen molar-refractivity contribution in [3.05, 3.63) is 29.8 Å². The number of ether oxygens (including phenoxy) is 1. The van der Waals surface area contributed by atoms with Gasteiger partial charge in [-0.2, -0.15) is 0 Å². The molecule has 2 N–H and O–H groups in total. The Kier molecular flexibility index (Phi) is 6.32. The van der Waals surface area contributed by atoms with Crippen LogP contribution in [0, 0.1) is 5.92 Å². The van der Waals surface area contributed by atoms with Gasteiger partial charge in [-0.15, -0.1) is 24.0 Å². The maximum absolute atomic E-state index is 11.6. The zero-order valence-electron chi connectivity index (χ0n) is 14.7. The zero-order valence-corrected chi connectivity index (χ0v) is 17.8. The number of benzene rings is 1. The summed E-state index contributed by atoms with van der Waals surface area (Å²) in [5, 5.41) is 7.00. The summed E-state index contributed by atoms with van der Waals surface area (Å²) in [7, 11) is -2.85. The van der Waals surface area contributed by atoms with Gasteiger partial charge in [0.15, 0.2) is 15.8 Å². The lowest BCUT2D eigenvalue weighted by Crippen LogP contribution is -2.42. The fourth-order valence-electron chi connectivity index (χ4n) is 3.45. The van der Waals surface area contributed by atoms with Crippen LogP contribution in [-0.2, 0) is 9.84 Å². The fourth-order valence-corrected chi connectivity index (χ4v) is 5.30. The molecular weight excluding hydrogens is 465 g/mol. The molecule has 0 aromatic heterocycles. The van der Waals surface area contributed by atoms with Crippen LogP contribution in [0.4, 0.5) is 0 Å². The molecule has 0 radical (unpaired) electrons. The first-order valence-electron chi connectivity index (χ1n) is 9.09. The monoisotopic (exact) mass is 491 g/mol. The van der Waals surface area contributed by atoms with Crippen LogP contribution in [0.5, 0.6) is 5.75 Å². The van der Waals surface area contributed by atoms with Crippen LogP contribution in [0.3, 0.4) is 0 Å². The molecule has 0 bridgehead atoms. The van der Waals surface area contributed by atoms with E-state index in [1.54, 1.807) is 0 Å². The van der Waals surface area contributed by atoms with Gasteiger partial charge >= 0.3 is 0 Å². The van der Waals surface area contributed by atoms with Gasteiger partial charge in [0, 0.05) is 24.6 Å². The molecule has 26 heavy (non-hydrogen) atoms. The predicted molar refractivity (Wildman–Crippen MR) is 113 cm³/mol. The number of fused-ring (bicyclic) bond motifs is 1. The van der Waals surface area contributed by atoms with Crippen molar-refractivity contribution in [2.45, 2.75) is 37.8 Å². The number of rotatable bonds is 4. The van der Waals surface area contributed by atoms with Crippen molar-refractivity contribution >= 4 is 39.8 Å². The van der Waals surface area contributed by atoms with Crippen molar-refractivity contribution < 1.29 is 13.2 Å². The van der Waals surface area contributed by atoms with Crippen LogP contribution in [0.2, 0.25) is 0 Å². The average Bonchev–Trinajstić information content (AvgIpc) is 3.34. The van der Waals surface area contributed by atoms with Crippen LogP contribution in [0.25, 0.3) is 0 Å². The first-order chi connectivity index (χ1) is 12.1. The van der Waals surface area contributed by atoms with Crippen molar-refractivity contribution in [3.63, 3.8) is 0 Å². The maximum atomic E-state index is 11.6. The molecular formula is C18H26IN3O3S. The number of hydrogen-bond donors (Lipinski definition) is 2. The molecule has 1 aromatic carbocycles. The van der Waals surface area contributed by atoms with Crippen LogP contribution in [0.1, 0.15) is 37.3 Å². The summed E-state index contributed by atoms with van der Waals surface area (Å²) in [5.74, 6) is 2.45. The second kappa shape index (κ2) is 8.33. The Balaban J connectivity index is 0.00000196. The van der Waals surface area contributed by atoms with Crippen LogP contribution >= 0.6 is 24.0 Å². The summed E-state index contributed by atoms with van der Waals surface area (Å²) in [4.78, 5) is 4.71. The van der Waals surface area contributed by atoms with Crippen molar-refractivity contribution in [1.29, 1.82) is 0 Å². The summed E-state index contributed by atoms with van der Waals surface area (Å²) >= 11 is 0. The third-order valence-corrected chi connectivity index (χ3v) is 6.86. The Morgan fingerprint density at radius 1 is 1.15 bits per heavy atom. The first kappa shape index (κ1) is 19.7. The van der Waals surface area contributed by atoms with Gasteiger partial charge in [0.2, 0.25) is 0 Å². The molecule has 2 aliphatic heterocycles.